The Balaban J connectivity index is 2.67. The standard InChI is InChI=1S/C13H19Cl2N3O/c1-13(2,3)11(7-16)18-12(19)17-8-4-5-9(14)10(15)6-8/h4-6,11H,7,16H2,1-3H3,(H2,17,18,19). The number of urea groups is 1. The molecule has 0 aliphatic heterocycles. The number of carbonyl (C=O) groups is 1. The molecule has 0 saturated heterocycles. The summed E-state index contributed by atoms with van der Waals surface area (Å²) in [5.41, 5.74) is 6.14. The SMILES string of the molecule is CC(C)(C)C(CN)NC(=O)Nc1ccc(Cl)c(Cl)c1. The Kier molecular flexibility index (Phi) is 5.47. The van der Waals surface area contributed by atoms with E-state index in [2.05, 4.69) is 10.6 Å². The number of hydrogen-bond donors (Lipinski definition) is 3. The molecule has 0 saturated carbocycles. The summed E-state index contributed by atoms with van der Waals surface area (Å²) in [4.78, 5) is 11.9. The molecule has 0 aliphatic rings. The number of nitrogens with two attached hydrogens (primary N) is 1. The number of hydrogen-bond acceptors (Lipinski definition) is 2. The van der Waals surface area contributed by atoms with Crippen LogP contribution in [0.4, 0.5) is 10.5 Å². The van der Waals surface area contributed by atoms with E-state index in [9.17, 15) is 4.79 Å². The van der Waals surface area contributed by atoms with E-state index in [0.29, 0.717) is 22.3 Å². The van der Waals surface area contributed by atoms with E-state index < -0.39 is 0 Å². The molecule has 2 amide bonds. The molecule has 1 unspecified atom stereocenters. The first-order valence-electron chi connectivity index (χ1n) is 5.96. The quantitative estimate of drug-likeness (QED) is 0.800. The molecule has 4 N–H and O–H groups in total. The van der Waals surface area contributed by atoms with Crippen molar-refractivity contribution in [2.75, 3.05) is 11.9 Å². The van der Waals surface area contributed by atoms with Gasteiger partial charge in [0.25, 0.3) is 0 Å². The molecule has 0 radical (unpaired) electrons. The number of amides is 2. The van der Waals surface area contributed by atoms with Crippen LogP contribution in [0.1, 0.15) is 20.8 Å². The first-order chi connectivity index (χ1) is 8.74. The first kappa shape index (κ1) is 16.1. The van der Waals surface area contributed by atoms with Crippen LogP contribution in [-0.2, 0) is 0 Å². The second-order valence-electron chi connectivity index (χ2n) is 5.38. The minimum absolute atomic E-state index is 0.107. The van der Waals surface area contributed by atoms with E-state index in [-0.39, 0.29) is 17.5 Å². The molecule has 1 rings (SSSR count). The van der Waals surface area contributed by atoms with Crippen LogP contribution in [0.5, 0.6) is 0 Å². The summed E-state index contributed by atoms with van der Waals surface area (Å²) < 4.78 is 0. The lowest BCUT2D eigenvalue weighted by molar-refractivity contribution is 0.230. The summed E-state index contributed by atoms with van der Waals surface area (Å²) in [6, 6.07) is 4.48. The van der Waals surface area contributed by atoms with Gasteiger partial charge in [0.15, 0.2) is 0 Å². The lowest BCUT2D eigenvalue weighted by Crippen LogP contribution is -2.49. The van der Waals surface area contributed by atoms with Gasteiger partial charge in [-0.3, -0.25) is 0 Å². The lowest BCUT2D eigenvalue weighted by Gasteiger charge is -2.30. The minimum atomic E-state index is -0.316. The van der Waals surface area contributed by atoms with Crippen LogP contribution in [0.15, 0.2) is 18.2 Å². The molecule has 0 fully saturated rings. The van der Waals surface area contributed by atoms with Crippen molar-refractivity contribution in [1.29, 1.82) is 0 Å². The maximum absolute atomic E-state index is 11.9. The Morgan fingerprint density at radius 1 is 1.32 bits per heavy atom. The molecule has 0 bridgehead atoms. The molecule has 4 nitrogen and oxygen atoms in total. The predicted molar refractivity (Wildman–Crippen MR) is 80.9 cm³/mol. The van der Waals surface area contributed by atoms with Gasteiger partial charge in [-0.15, -0.1) is 0 Å². The zero-order valence-electron chi connectivity index (χ0n) is 11.3. The first-order valence-corrected chi connectivity index (χ1v) is 6.72. The highest BCUT2D eigenvalue weighted by molar-refractivity contribution is 6.42. The van der Waals surface area contributed by atoms with Crippen molar-refractivity contribution in [1.82, 2.24) is 5.32 Å². The largest absolute Gasteiger partial charge is 0.333 e. The smallest absolute Gasteiger partial charge is 0.319 e. The number of rotatable bonds is 3. The zero-order chi connectivity index (χ0) is 14.6. The van der Waals surface area contributed by atoms with Gasteiger partial charge in [0.05, 0.1) is 10.0 Å². The Morgan fingerprint density at radius 2 is 1.95 bits per heavy atom. The molecule has 1 atom stereocenters. The topological polar surface area (TPSA) is 67.1 Å². The van der Waals surface area contributed by atoms with Gasteiger partial charge in [-0.1, -0.05) is 44.0 Å². The van der Waals surface area contributed by atoms with Gasteiger partial charge in [-0.2, -0.15) is 0 Å². The van der Waals surface area contributed by atoms with Crippen LogP contribution in [0.25, 0.3) is 0 Å². The Hall–Kier alpha value is -0.970. The molecule has 1 aromatic carbocycles. The molecule has 0 aromatic heterocycles. The summed E-state index contributed by atoms with van der Waals surface area (Å²) in [5.74, 6) is 0. The molecule has 0 heterocycles. The van der Waals surface area contributed by atoms with Crippen LogP contribution in [-0.4, -0.2) is 18.6 Å². The van der Waals surface area contributed by atoms with Crippen molar-refractivity contribution in [3.05, 3.63) is 28.2 Å². The van der Waals surface area contributed by atoms with Crippen LogP contribution in [0.2, 0.25) is 10.0 Å². The van der Waals surface area contributed by atoms with Gasteiger partial charge >= 0.3 is 6.03 Å². The van der Waals surface area contributed by atoms with Gasteiger partial charge in [0.2, 0.25) is 0 Å². The third-order valence-electron chi connectivity index (χ3n) is 2.76. The zero-order valence-corrected chi connectivity index (χ0v) is 12.8. The number of carbonyl (C=O) groups excluding carboxylic acids is 1. The minimum Gasteiger partial charge on any atom is -0.333 e. The van der Waals surface area contributed by atoms with Gasteiger partial charge in [0, 0.05) is 18.3 Å². The third kappa shape index (κ3) is 4.90. The van der Waals surface area contributed by atoms with E-state index in [1.807, 2.05) is 20.8 Å². The van der Waals surface area contributed by atoms with Crippen LogP contribution < -0.4 is 16.4 Å². The lowest BCUT2D eigenvalue weighted by atomic mass is 9.87. The van der Waals surface area contributed by atoms with E-state index in [4.69, 9.17) is 28.9 Å². The molecule has 1 aromatic rings. The Bertz CT molecular complexity index is 458. The number of halogens is 2. The normalized spacial score (nSPS) is 12.9. The second-order valence-corrected chi connectivity index (χ2v) is 6.20. The average molecular weight is 304 g/mol. The van der Waals surface area contributed by atoms with Gasteiger partial charge in [-0.25, -0.2) is 4.79 Å². The fourth-order valence-electron chi connectivity index (χ4n) is 1.53. The third-order valence-corrected chi connectivity index (χ3v) is 3.50. The highest BCUT2D eigenvalue weighted by Crippen LogP contribution is 2.25. The summed E-state index contributed by atoms with van der Waals surface area (Å²) >= 11 is 11.7. The van der Waals surface area contributed by atoms with E-state index in [0.717, 1.165) is 0 Å². The van der Waals surface area contributed by atoms with Gasteiger partial charge < -0.3 is 16.4 Å². The highest BCUT2D eigenvalue weighted by Gasteiger charge is 2.24. The highest BCUT2D eigenvalue weighted by atomic mass is 35.5. The number of nitrogens with one attached hydrogen (secondary N) is 2. The number of benzene rings is 1. The summed E-state index contributed by atoms with van der Waals surface area (Å²) in [5, 5.41) is 6.38. The van der Waals surface area contributed by atoms with Crippen molar-refractivity contribution in [2.45, 2.75) is 26.8 Å². The molecule has 19 heavy (non-hydrogen) atoms. The average Bonchev–Trinajstić information content (AvgIpc) is 2.29. The van der Waals surface area contributed by atoms with Crippen molar-refractivity contribution in [3.8, 4) is 0 Å². The Morgan fingerprint density at radius 3 is 2.42 bits per heavy atom. The van der Waals surface area contributed by atoms with Crippen LogP contribution in [0, 0.1) is 5.41 Å². The van der Waals surface area contributed by atoms with Crippen LogP contribution in [0.3, 0.4) is 0 Å². The number of anilines is 1. The molecule has 0 aliphatic carbocycles. The summed E-state index contributed by atoms with van der Waals surface area (Å²) in [6.07, 6.45) is 0. The van der Waals surface area contributed by atoms with Crippen molar-refractivity contribution >= 4 is 34.9 Å². The summed E-state index contributed by atoms with van der Waals surface area (Å²) in [7, 11) is 0. The maximum Gasteiger partial charge on any atom is 0.319 e. The predicted octanol–water partition coefficient (Wildman–Crippen LogP) is 3.49. The van der Waals surface area contributed by atoms with Crippen molar-refractivity contribution < 1.29 is 4.79 Å². The molecule has 6 heteroatoms. The fourth-order valence-corrected chi connectivity index (χ4v) is 1.83. The Labute approximate surface area is 123 Å². The fraction of sp³-hybridized carbons (Fsp3) is 0.462. The maximum atomic E-state index is 11.9. The monoisotopic (exact) mass is 303 g/mol. The van der Waals surface area contributed by atoms with E-state index in [1.54, 1.807) is 18.2 Å². The van der Waals surface area contributed by atoms with Crippen molar-refractivity contribution in [3.63, 3.8) is 0 Å². The molecule has 0 spiro atoms. The van der Waals surface area contributed by atoms with E-state index >= 15 is 0 Å². The van der Waals surface area contributed by atoms with Gasteiger partial charge in [0.1, 0.15) is 0 Å². The van der Waals surface area contributed by atoms with Crippen LogP contribution >= 0.6 is 23.2 Å². The molecule has 106 valence electrons. The second kappa shape index (κ2) is 6.46. The van der Waals surface area contributed by atoms with Gasteiger partial charge in [-0.05, 0) is 23.6 Å². The molecular weight excluding hydrogens is 285 g/mol. The molecular formula is C13H19Cl2N3O. The van der Waals surface area contributed by atoms with Crippen molar-refractivity contribution in [2.24, 2.45) is 11.1 Å². The summed E-state index contributed by atoms with van der Waals surface area (Å²) in [6.45, 7) is 6.43. The van der Waals surface area contributed by atoms with E-state index in [1.165, 1.54) is 0 Å².